The van der Waals surface area contributed by atoms with Gasteiger partial charge in [-0.15, -0.1) is 0 Å². The first kappa shape index (κ1) is 22.1. The summed E-state index contributed by atoms with van der Waals surface area (Å²) < 4.78 is 11.4. The molecule has 30 heavy (non-hydrogen) atoms. The van der Waals surface area contributed by atoms with Crippen molar-refractivity contribution in [1.29, 1.82) is 0 Å². The third-order valence-electron chi connectivity index (χ3n) is 4.38. The van der Waals surface area contributed by atoms with Crippen LogP contribution in [-0.4, -0.2) is 34.2 Å². The van der Waals surface area contributed by atoms with Crippen molar-refractivity contribution in [3.63, 3.8) is 0 Å². The number of rotatable bonds is 7. The van der Waals surface area contributed by atoms with Crippen LogP contribution in [0.2, 0.25) is 5.02 Å². The number of carbonyl (C=O) groups excluding carboxylic acids is 2. The molecule has 1 atom stereocenters. The molecule has 0 unspecified atom stereocenters. The number of carboxylic acid groups (broad SMARTS) is 1. The molecule has 0 spiro atoms. The molecule has 0 bridgehead atoms. The van der Waals surface area contributed by atoms with Crippen molar-refractivity contribution in [2.75, 3.05) is 7.11 Å². The number of methoxy groups -OCH3 is 1. The summed E-state index contributed by atoms with van der Waals surface area (Å²) in [6, 6.07) is 11.5. The van der Waals surface area contributed by atoms with Gasteiger partial charge < -0.3 is 19.4 Å². The van der Waals surface area contributed by atoms with E-state index in [1.54, 1.807) is 30.3 Å². The number of carboxylic acids is 1. The smallest absolute Gasteiger partial charge is 0.266 e. The minimum absolute atomic E-state index is 0.176. The lowest BCUT2D eigenvalue weighted by molar-refractivity contribution is -0.309. The number of nitrogens with zero attached hydrogens (tertiary/aromatic N) is 1. The summed E-state index contributed by atoms with van der Waals surface area (Å²) in [4.78, 5) is 25.0. The van der Waals surface area contributed by atoms with E-state index in [1.165, 1.54) is 14.0 Å². The molecular formula is C21H17ClNO5S2-. The number of hydrogen-bond acceptors (Lipinski definition) is 7. The summed E-state index contributed by atoms with van der Waals surface area (Å²) in [6.45, 7) is 1.63. The van der Waals surface area contributed by atoms with E-state index in [0.717, 1.165) is 22.2 Å². The number of hydrogen-bond donors (Lipinski definition) is 0. The average molecular weight is 463 g/mol. The van der Waals surface area contributed by atoms with Crippen molar-refractivity contribution < 1.29 is 24.2 Å². The Morgan fingerprint density at radius 2 is 2.03 bits per heavy atom. The van der Waals surface area contributed by atoms with Gasteiger partial charge in [0.25, 0.3) is 5.91 Å². The van der Waals surface area contributed by atoms with Crippen LogP contribution >= 0.6 is 35.6 Å². The van der Waals surface area contributed by atoms with Crippen LogP contribution in [0.15, 0.2) is 47.4 Å². The van der Waals surface area contributed by atoms with Crippen molar-refractivity contribution in [2.24, 2.45) is 0 Å². The van der Waals surface area contributed by atoms with E-state index in [2.05, 4.69) is 0 Å². The summed E-state index contributed by atoms with van der Waals surface area (Å²) in [5.41, 5.74) is 1.52. The van der Waals surface area contributed by atoms with Gasteiger partial charge in [-0.3, -0.25) is 9.69 Å². The molecule has 1 aliphatic heterocycles. The van der Waals surface area contributed by atoms with Gasteiger partial charge in [0.1, 0.15) is 10.9 Å². The highest BCUT2D eigenvalue weighted by atomic mass is 35.5. The van der Waals surface area contributed by atoms with Crippen LogP contribution in [0.25, 0.3) is 6.08 Å². The zero-order valence-corrected chi connectivity index (χ0v) is 18.5. The maximum Gasteiger partial charge on any atom is 0.266 e. The second kappa shape index (κ2) is 9.51. The molecular weight excluding hydrogens is 446 g/mol. The fraction of sp³-hybridized carbons (Fsp3) is 0.190. The van der Waals surface area contributed by atoms with Gasteiger partial charge in [0.05, 0.1) is 24.0 Å². The van der Waals surface area contributed by atoms with Gasteiger partial charge >= 0.3 is 0 Å². The number of halogens is 1. The summed E-state index contributed by atoms with van der Waals surface area (Å²) in [5, 5.41) is 11.7. The first-order chi connectivity index (χ1) is 14.3. The number of ether oxygens (including phenoxy) is 2. The average Bonchev–Trinajstić information content (AvgIpc) is 3.00. The number of thiocarbonyl (C=S) groups is 1. The first-order valence-corrected chi connectivity index (χ1v) is 10.4. The van der Waals surface area contributed by atoms with Crippen LogP contribution in [0, 0.1) is 0 Å². The van der Waals surface area contributed by atoms with Crippen LogP contribution in [0.4, 0.5) is 0 Å². The molecule has 9 heteroatoms. The van der Waals surface area contributed by atoms with Crippen molar-refractivity contribution in [3.05, 3.63) is 63.5 Å². The van der Waals surface area contributed by atoms with E-state index in [9.17, 15) is 14.7 Å². The standard InChI is InChI=1S/C21H18ClNO5S2/c1-12(20(25)26)23-19(24)18(30-21(23)29)10-13-7-8-16(17(9-13)27-2)28-11-14-5-3-4-6-15(14)22/h3-10,12H,11H2,1-2H3,(H,25,26)/p-1/b18-10-/t12-/m0/s1. The molecule has 156 valence electrons. The monoisotopic (exact) mass is 462 g/mol. The van der Waals surface area contributed by atoms with Gasteiger partial charge in [-0.05, 0) is 36.8 Å². The Labute approximate surface area is 188 Å². The second-order valence-corrected chi connectivity index (χ2v) is 8.42. The lowest BCUT2D eigenvalue weighted by atomic mass is 10.1. The summed E-state index contributed by atoms with van der Waals surface area (Å²) in [7, 11) is 1.52. The highest BCUT2D eigenvalue weighted by Gasteiger charge is 2.35. The highest BCUT2D eigenvalue weighted by Crippen LogP contribution is 2.36. The molecule has 0 aromatic heterocycles. The Kier molecular flexibility index (Phi) is 7.02. The topological polar surface area (TPSA) is 78.9 Å². The number of aliphatic carboxylic acids is 1. The predicted molar refractivity (Wildman–Crippen MR) is 118 cm³/mol. The molecule has 2 aromatic carbocycles. The van der Waals surface area contributed by atoms with E-state index >= 15 is 0 Å². The molecule has 6 nitrogen and oxygen atoms in total. The lowest BCUT2D eigenvalue weighted by Crippen LogP contribution is -2.48. The molecule has 0 radical (unpaired) electrons. The molecule has 0 aliphatic carbocycles. The molecule has 3 rings (SSSR count). The Hall–Kier alpha value is -2.55. The minimum Gasteiger partial charge on any atom is -0.548 e. The van der Waals surface area contributed by atoms with E-state index in [-0.39, 0.29) is 10.9 Å². The van der Waals surface area contributed by atoms with Gasteiger partial charge in [0, 0.05) is 10.6 Å². The first-order valence-electron chi connectivity index (χ1n) is 8.84. The zero-order valence-electron chi connectivity index (χ0n) is 16.1. The van der Waals surface area contributed by atoms with E-state index in [1.807, 2.05) is 18.2 Å². The Bertz CT molecular complexity index is 1040. The minimum atomic E-state index is -1.37. The molecule has 1 aliphatic rings. The summed E-state index contributed by atoms with van der Waals surface area (Å²) >= 11 is 12.3. The summed E-state index contributed by atoms with van der Waals surface area (Å²) in [6.07, 6.45) is 1.63. The van der Waals surface area contributed by atoms with Crippen LogP contribution in [0.1, 0.15) is 18.1 Å². The van der Waals surface area contributed by atoms with Crippen molar-refractivity contribution >= 4 is 57.9 Å². The quantitative estimate of drug-likeness (QED) is 0.461. The van der Waals surface area contributed by atoms with Crippen molar-refractivity contribution in [3.8, 4) is 11.5 Å². The molecule has 2 aromatic rings. The van der Waals surface area contributed by atoms with E-state index in [4.69, 9.17) is 33.3 Å². The third-order valence-corrected chi connectivity index (χ3v) is 6.08. The summed E-state index contributed by atoms with van der Waals surface area (Å²) in [5.74, 6) is -0.837. The van der Waals surface area contributed by atoms with Crippen LogP contribution < -0.4 is 14.6 Å². The Morgan fingerprint density at radius 1 is 1.30 bits per heavy atom. The van der Waals surface area contributed by atoms with E-state index in [0.29, 0.717) is 27.0 Å². The third kappa shape index (κ3) is 4.77. The molecule has 0 N–H and O–H groups in total. The number of thioether (sulfide) groups is 1. The normalized spacial score (nSPS) is 16.1. The van der Waals surface area contributed by atoms with Crippen LogP contribution in [-0.2, 0) is 16.2 Å². The molecule has 1 saturated heterocycles. The fourth-order valence-electron chi connectivity index (χ4n) is 2.73. The second-order valence-electron chi connectivity index (χ2n) is 6.34. The maximum atomic E-state index is 12.6. The van der Waals surface area contributed by atoms with Crippen LogP contribution in [0.3, 0.4) is 0 Å². The molecule has 1 heterocycles. The Morgan fingerprint density at radius 3 is 2.70 bits per heavy atom. The van der Waals surface area contributed by atoms with Crippen molar-refractivity contribution in [1.82, 2.24) is 4.90 Å². The molecule has 1 amide bonds. The highest BCUT2D eigenvalue weighted by molar-refractivity contribution is 8.26. The van der Waals surface area contributed by atoms with Gasteiger partial charge in [0.15, 0.2) is 11.5 Å². The largest absolute Gasteiger partial charge is 0.548 e. The Balaban J connectivity index is 1.79. The van der Waals surface area contributed by atoms with Gasteiger partial charge in [0.2, 0.25) is 0 Å². The van der Waals surface area contributed by atoms with Crippen molar-refractivity contribution in [2.45, 2.75) is 19.6 Å². The van der Waals surface area contributed by atoms with Crippen LogP contribution in [0.5, 0.6) is 11.5 Å². The fourth-order valence-corrected chi connectivity index (χ4v) is 4.34. The van der Waals surface area contributed by atoms with Gasteiger partial charge in [-0.1, -0.05) is 59.8 Å². The lowest BCUT2D eigenvalue weighted by Gasteiger charge is -2.23. The SMILES string of the molecule is COc1cc(/C=C2\SC(=S)N([C@@H](C)C(=O)[O-])C2=O)ccc1OCc1ccccc1Cl. The molecule has 0 saturated carbocycles. The maximum absolute atomic E-state index is 12.6. The van der Waals surface area contributed by atoms with Gasteiger partial charge in [-0.25, -0.2) is 0 Å². The van der Waals surface area contributed by atoms with Gasteiger partial charge in [-0.2, -0.15) is 0 Å². The number of amides is 1. The number of benzene rings is 2. The molecule has 1 fully saturated rings. The predicted octanol–water partition coefficient (Wildman–Crippen LogP) is 3.27. The number of carbonyl (C=O) groups is 2. The zero-order chi connectivity index (χ0) is 21.8. The van der Waals surface area contributed by atoms with E-state index < -0.39 is 17.9 Å².